The molecule has 0 radical (unpaired) electrons. The number of hydrogen-bond acceptors (Lipinski definition) is 14. The Kier molecular flexibility index (Phi) is 7.94. The summed E-state index contributed by atoms with van der Waals surface area (Å²) in [6.45, 7) is -0.288. The standard InChI is InChI=1S/C21H20N4O11S3/c1-36-21(22-15(30)12(16(31)32)7-2-9(27)14(29)10(28)3-7)18(35)25-13(17(33)34)8(5-37-19(21)25)6-38-20-24-23-11(4-26)39-20/h2-3,12,19,26-29H,4-6H2,1H3,(H,22,30)(H,31,32)(H,33,34)/t12?,19-,21+/m1/s1. The fourth-order valence-electron chi connectivity index (χ4n) is 4.02. The predicted molar refractivity (Wildman–Crippen MR) is 134 cm³/mol. The molecule has 2 aromatic rings. The van der Waals surface area contributed by atoms with Crippen LogP contribution < -0.4 is 5.32 Å². The van der Waals surface area contributed by atoms with E-state index in [0.29, 0.717) is 14.9 Å². The number of carbonyl (C=O) groups is 4. The van der Waals surface area contributed by atoms with E-state index < -0.39 is 63.6 Å². The monoisotopic (exact) mass is 600 g/mol. The second kappa shape index (κ2) is 10.9. The van der Waals surface area contributed by atoms with Gasteiger partial charge in [0.05, 0.1) is 6.61 Å². The molecule has 1 fully saturated rings. The third-order valence-corrected chi connectivity index (χ3v) is 9.33. The van der Waals surface area contributed by atoms with Crippen molar-refractivity contribution in [2.24, 2.45) is 0 Å². The Hall–Kier alpha value is -3.58. The molecule has 0 aliphatic carbocycles. The van der Waals surface area contributed by atoms with Gasteiger partial charge in [-0.15, -0.1) is 22.0 Å². The number of aliphatic carboxylic acids is 2. The minimum Gasteiger partial charge on any atom is -0.504 e. The number of thioether (sulfide) groups is 2. The molecular weight excluding hydrogens is 580 g/mol. The van der Waals surface area contributed by atoms with Crippen LogP contribution in [0.25, 0.3) is 0 Å². The molecule has 2 aliphatic heterocycles. The Bertz CT molecular complexity index is 1370. The molecule has 18 heteroatoms. The van der Waals surface area contributed by atoms with E-state index in [9.17, 15) is 44.7 Å². The molecule has 3 heterocycles. The molecule has 4 rings (SSSR count). The predicted octanol–water partition coefficient (Wildman–Crippen LogP) is -0.180. The number of aromatic nitrogens is 2. The van der Waals surface area contributed by atoms with Crippen molar-refractivity contribution in [2.75, 3.05) is 18.6 Å². The van der Waals surface area contributed by atoms with E-state index in [-0.39, 0.29) is 23.8 Å². The van der Waals surface area contributed by atoms with Gasteiger partial charge in [0.15, 0.2) is 27.5 Å². The number of carboxylic acids is 2. The summed E-state index contributed by atoms with van der Waals surface area (Å²) < 4.78 is 5.82. The Morgan fingerprint density at radius 1 is 1.23 bits per heavy atom. The summed E-state index contributed by atoms with van der Waals surface area (Å²) in [4.78, 5) is 51.5. The van der Waals surface area contributed by atoms with E-state index in [2.05, 4.69) is 15.5 Å². The van der Waals surface area contributed by atoms with Crippen LogP contribution in [0.4, 0.5) is 0 Å². The number of carbonyl (C=O) groups excluding carboxylic acids is 2. The topological polar surface area (TPSA) is 240 Å². The first kappa shape index (κ1) is 28.4. The number of amides is 2. The molecule has 2 amide bonds. The fourth-order valence-corrected chi connectivity index (χ4v) is 7.35. The Morgan fingerprint density at radius 3 is 2.44 bits per heavy atom. The first-order valence-corrected chi connectivity index (χ1v) is 13.6. The van der Waals surface area contributed by atoms with Gasteiger partial charge in [0.1, 0.15) is 16.1 Å². The number of aliphatic hydroxyl groups is 1. The van der Waals surface area contributed by atoms with Gasteiger partial charge < -0.3 is 40.7 Å². The summed E-state index contributed by atoms with van der Waals surface area (Å²) in [6, 6.07) is 1.54. The van der Waals surface area contributed by atoms with Crippen LogP contribution in [0.5, 0.6) is 17.2 Å². The van der Waals surface area contributed by atoms with E-state index in [0.717, 1.165) is 47.2 Å². The number of β-lactam (4-membered cyclic amide) rings is 1. The van der Waals surface area contributed by atoms with E-state index >= 15 is 0 Å². The van der Waals surface area contributed by atoms with Gasteiger partial charge >= 0.3 is 11.9 Å². The minimum atomic E-state index is -2.11. The number of nitrogens with one attached hydrogen (secondary N) is 1. The highest BCUT2D eigenvalue weighted by molar-refractivity contribution is 8.01. The zero-order valence-corrected chi connectivity index (χ0v) is 22.2. The molecular formula is C21H20N4O11S3. The molecule has 1 unspecified atom stereocenters. The number of ether oxygens (including phenoxy) is 1. The van der Waals surface area contributed by atoms with Gasteiger partial charge in [-0.25, -0.2) is 4.79 Å². The number of fused-ring (bicyclic) bond motifs is 1. The number of benzene rings is 1. The highest BCUT2D eigenvalue weighted by atomic mass is 32.2. The zero-order valence-electron chi connectivity index (χ0n) is 19.7. The lowest BCUT2D eigenvalue weighted by Crippen LogP contribution is -2.81. The van der Waals surface area contributed by atoms with Crippen molar-refractivity contribution in [3.05, 3.63) is 34.0 Å². The normalized spacial score (nSPS) is 21.2. The summed E-state index contributed by atoms with van der Waals surface area (Å²) in [5.41, 5.74) is -2.43. The zero-order chi connectivity index (χ0) is 28.6. The first-order chi connectivity index (χ1) is 18.4. The fraction of sp³-hybridized carbons (Fsp3) is 0.333. The van der Waals surface area contributed by atoms with E-state index in [4.69, 9.17) is 9.84 Å². The van der Waals surface area contributed by atoms with Crippen LogP contribution in [0.2, 0.25) is 0 Å². The van der Waals surface area contributed by atoms with Gasteiger partial charge in [-0.3, -0.25) is 19.3 Å². The third kappa shape index (κ3) is 4.96. The molecule has 0 bridgehead atoms. The maximum Gasteiger partial charge on any atom is 0.352 e. The maximum absolute atomic E-state index is 13.3. The Morgan fingerprint density at radius 2 is 1.90 bits per heavy atom. The molecule has 0 spiro atoms. The van der Waals surface area contributed by atoms with Crippen molar-refractivity contribution in [3.63, 3.8) is 0 Å². The quantitative estimate of drug-likeness (QED) is 0.0615. The Balaban J connectivity index is 1.59. The van der Waals surface area contributed by atoms with Crippen LogP contribution in [0.15, 0.2) is 27.7 Å². The van der Waals surface area contributed by atoms with Gasteiger partial charge in [-0.2, -0.15) is 0 Å². The number of aliphatic hydroxyl groups excluding tert-OH is 1. The van der Waals surface area contributed by atoms with Crippen molar-refractivity contribution >= 4 is 58.6 Å². The van der Waals surface area contributed by atoms with Crippen molar-refractivity contribution in [1.82, 2.24) is 20.4 Å². The highest BCUT2D eigenvalue weighted by Gasteiger charge is 2.67. The van der Waals surface area contributed by atoms with Crippen LogP contribution in [0.3, 0.4) is 0 Å². The maximum atomic E-state index is 13.3. The minimum absolute atomic E-state index is 0.123. The lowest BCUT2D eigenvalue weighted by Gasteiger charge is -2.56. The van der Waals surface area contributed by atoms with Crippen LogP contribution >= 0.6 is 34.9 Å². The smallest absolute Gasteiger partial charge is 0.352 e. The van der Waals surface area contributed by atoms with E-state index in [1.54, 1.807) is 0 Å². The van der Waals surface area contributed by atoms with Crippen LogP contribution in [0, 0.1) is 0 Å². The van der Waals surface area contributed by atoms with Crippen molar-refractivity contribution in [3.8, 4) is 17.2 Å². The number of phenolic OH excluding ortho intramolecular Hbond substituents is 3. The molecule has 1 aromatic carbocycles. The lowest BCUT2D eigenvalue weighted by molar-refractivity contribution is -0.193. The third-order valence-electron chi connectivity index (χ3n) is 5.83. The SMILES string of the molecule is CO[C@@]1(NC(=O)C(C(=O)O)c2cc(O)c(O)c(O)c2)C(=O)N2C(C(=O)O)=C(CSc3nnc(CO)s3)CS[C@@H]21. The number of aromatic hydroxyl groups is 3. The summed E-state index contributed by atoms with van der Waals surface area (Å²) >= 11 is 3.39. The summed E-state index contributed by atoms with van der Waals surface area (Å²) in [5.74, 6) is -9.73. The van der Waals surface area contributed by atoms with E-state index in [1.807, 2.05) is 0 Å². The Labute approximate surface area is 231 Å². The molecule has 3 atom stereocenters. The molecule has 0 saturated carbocycles. The highest BCUT2D eigenvalue weighted by Crippen LogP contribution is 2.48. The summed E-state index contributed by atoms with van der Waals surface area (Å²) in [7, 11) is 1.09. The summed E-state index contributed by atoms with van der Waals surface area (Å²) in [6.07, 6.45) is 0. The average Bonchev–Trinajstić information content (AvgIpc) is 3.36. The lowest BCUT2D eigenvalue weighted by atomic mass is 9.94. The number of nitrogens with zero attached hydrogens (tertiary/aromatic N) is 3. The van der Waals surface area contributed by atoms with Gasteiger partial charge in [0.25, 0.3) is 11.6 Å². The molecule has 1 aromatic heterocycles. The van der Waals surface area contributed by atoms with Crippen LogP contribution in [-0.2, 0) is 30.5 Å². The molecule has 15 nitrogen and oxygen atoms in total. The number of rotatable bonds is 10. The second-order valence-corrected chi connectivity index (χ2v) is 11.5. The van der Waals surface area contributed by atoms with Crippen molar-refractivity contribution in [1.29, 1.82) is 0 Å². The van der Waals surface area contributed by atoms with Crippen LogP contribution in [0.1, 0.15) is 16.5 Å². The van der Waals surface area contributed by atoms with Crippen molar-refractivity contribution < 1.29 is 54.6 Å². The van der Waals surface area contributed by atoms with Gasteiger partial charge in [-0.1, -0.05) is 23.1 Å². The molecule has 208 valence electrons. The first-order valence-electron chi connectivity index (χ1n) is 10.8. The number of phenols is 3. The van der Waals surface area contributed by atoms with Crippen LogP contribution in [-0.4, -0.2) is 99.2 Å². The molecule has 7 N–H and O–H groups in total. The van der Waals surface area contributed by atoms with Gasteiger partial charge in [-0.05, 0) is 23.3 Å². The average molecular weight is 601 g/mol. The molecule has 1 saturated heterocycles. The number of hydrogen-bond donors (Lipinski definition) is 7. The molecule has 39 heavy (non-hydrogen) atoms. The van der Waals surface area contributed by atoms with Gasteiger partial charge in [0.2, 0.25) is 5.91 Å². The largest absolute Gasteiger partial charge is 0.504 e. The van der Waals surface area contributed by atoms with Gasteiger partial charge in [0, 0.05) is 18.6 Å². The second-order valence-electron chi connectivity index (χ2n) is 8.11. The van der Waals surface area contributed by atoms with E-state index in [1.165, 1.54) is 11.8 Å². The number of carboxylic acid groups (broad SMARTS) is 2. The number of methoxy groups -OCH3 is 1. The van der Waals surface area contributed by atoms with Crippen molar-refractivity contribution in [2.45, 2.75) is 28.0 Å². The summed E-state index contributed by atoms with van der Waals surface area (Å²) in [5, 5.41) is 67.1. The molecule has 2 aliphatic rings.